The average molecular weight is 553 g/mol. The molecule has 0 unspecified atom stereocenters. The summed E-state index contributed by atoms with van der Waals surface area (Å²) in [6.07, 6.45) is 4.90. The lowest BCUT2D eigenvalue weighted by molar-refractivity contribution is -0.114. The van der Waals surface area contributed by atoms with Gasteiger partial charge in [0, 0.05) is 25.2 Å². The van der Waals surface area contributed by atoms with Crippen LogP contribution in [0.2, 0.25) is 5.02 Å². The zero-order valence-corrected chi connectivity index (χ0v) is 22.8. The first-order chi connectivity index (χ1) is 18.9. The highest BCUT2D eigenvalue weighted by molar-refractivity contribution is 6.33. The Labute approximate surface area is 232 Å². The zero-order chi connectivity index (χ0) is 27.6. The van der Waals surface area contributed by atoms with Crippen molar-refractivity contribution in [1.82, 2.24) is 20.2 Å². The minimum absolute atomic E-state index is 0.194. The van der Waals surface area contributed by atoms with Crippen molar-refractivity contribution in [2.45, 2.75) is 26.2 Å². The summed E-state index contributed by atoms with van der Waals surface area (Å²) >= 11 is 6.34. The predicted octanol–water partition coefficient (Wildman–Crippen LogP) is 5.19. The van der Waals surface area contributed by atoms with Gasteiger partial charge in [-0.1, -0.05) is 23.7 Å². The van der Waals surface area contributed by atoms with Gasteiger partial charge in [-0.15, -0.1) is 0 Å². The first-order valence-electron chi connectivity index (χ1n) is 12.8. The lowest BCUT2D eigenvalue weighted by atomic mass is 10.2. The SMILES string of the molecule is COc1cc(NC(=O)NCCCN2CCCC2)ccc1Nc1ncc(Cl)c(Nc2ccccc2NC(C)=O)n1. The number of methoxy groups -OCH3 is 1. The quantitative estimate of drug-likeness (QED) is 0.205. The number of hydrogen-bond acceptors (Lipinski definition) is 8. The molecule has 0 radical (unpaired) electrons. The van der Waals surface area contributed by atoms with Gasteiger partial charge in [0.25, 0.3) is 0 Å². The highest BCUT2D eigenvalue weighted by Crippen LogP contribution is 2.32. The summed E-state index contributed by atoms with van der Waals surface area (Å²) in [5.41, 5.74) is 2.40. The van der Waals surface area contributed by atoms with E-state index in [1.165, 1.54) is 33.1 Å². The molecule has 5 N–H and O–H groups in total. The molecule has 206 valence electrons. The van der Waals surface area contributed by atoms with Crippen molar-refractivity contribution in [2.75, 3.05) is 54.6 Å². The molecule has 1 fully saturated rings. The number of carbonyl (C=O) groups is 2. The summed E-state index contributed by atoms with van der Waals surface area (Å²) in [5, 5.41) is 15.1. The van der Waals surface area contributed by atoms with Gasteiger partial charge in [-0.05, 0) is 63.2 Å². The van der Waals surface area contributed by atoms with E-state index in [1.54, 1.807) is 30.3 Å². The largest absolute Gasteiger partial charge is 0.494 e. The van der Waals surface area contributed by atoms with Gasteiger partial charge < -0.3 is 36.2 Å². The highest BCUT2D eigenvalue weighted by atomic mass is 35.5. The third-order valence-electron chi connectivity index (χ3n) is 6.08. The Morgan fingerprint density at radius 2 is 1.79 bits per heavy atom. The van der Waals surface area contributed by atoms with Crippen LogP contribution in [0.25, 0.3) is 0 Å². The fourth-order valence-electron chi connectivity index (χ4n) is 4.21. The molecule has 1 aliphatic rings. The highest BCUT2D eigenvalue weighted by Gasteiger charge is 2.13. The molecular weight excluding hydrogens is 520 g/mol. The van der Waals surface area contributed by atoms with Gasteiger partial charge in [0.05, 0.1) is 30.4 Å². The van der Waals surface area contributed by atoms with Crippen molar-refractivity contribution >= 4 is 58.1 Å². The first-order valence-corrected chi connectivity index (χ1v) is 13.2. The maximum atomic E-state index is 12.3. The Bertz CT molecular complexity index is 1300. The van der Waals surface area contributed by atoms with Crippen molar-refractivity contribution < 1.29 is 14.3 Å². The van der Waals surface area contributed by atoms with Gasteiger partial charge >= 0.3 is 6.03 Å². The molecule has 0 aliphatic carbocycles. The molecule has 1 saturated heterocycles. The standard InChI is InChI=1S/C27H33ClN8O3/c1-18(37)31-21-8-3-4-9-22(21)33-25-20(28)17-30-26(35-25)34-23-11-10-19(16-24(23)39-2)32-27(38)29-12-7-15-36-13-5-6-14-36/h3-4,8-11,16-17H,5-7,12-15H2,1-2H3,(H,31,37)(H2,29,32,38)(H2,30,33,34,35). The fourth-order valence-corrected chi connectivity index (χ4v) is 4.35. The van der Waals surface area contributed by atoms with Crippen LogP contribution in [0.4, 0.5) is 39.3 Å². The maximum absolute atomic E-state index is 12.3. The third-order valence-corrected chi connectivity index (χ3v) is 6.35. The van der Waals surface area contributed by atoms with E-state index in [0.717, 1.165) is 26.1 Å². The van der Waals surface area contributed by atoms with E-state index in [-0.39, 0.29) is 17.9 Å². The Balaban J connectivity index is 1.38. The van der Waals surface area contributed by atoms with Crippen LogP contribution in [0.3, 0.4) is 0 Å². The Morgan fingerprint density at radius 3 is 2.54 bits per heavy atom. The van der Waals surface area contributed by atoms with E-state index >= 15 is 0 Å². The Kier molecular flexibility index (Phi) is 9.76. The van der Waals surface area contributed by atoms with E-state index in [4.69, 9.17) is 16.3 Å². The molecule has 2 aromatic carbocycles. The number of hydrogen-bond donors (Lipinski definition) is 5. The topological polar surface area (TPSA) is 133 Å². The van der Waals surface area contributed by atoms with Crippen LogP contribution in [-0.4, -0.2) is 60.1 Å². The second-order valence-electron chi connectivity index (χ2n) is 9.07. The summed E-state index contributed by atoms with van der Waals surface area (Å²) in [7, 11) is 1.54. The Morgan fingerprint density at radius 1 is 1.03 bits per heavy atom. The van der Waals surface area contributed by atoms with Gasteiger partial charge in [-0.2, -0.15) is 4.98 Å². The van der Waals surface area contributed by atoms with Crippen molar-refractivity contribution in [3.05, 3.63) is 53.7 Å². The molecule has 0 saturated carbocycles. The fraction of sp³-hybridized carbons (Fsp3) is 0.333. The van der Waals surface area contributed by atoms with Gasteiger partial charge in [-0.25, -0.2) is 9.78 Å². The normalized spacial score (nSPS) is 13.0. The summed E-state index contributed by atoms with van der Waals surface area (Å²) < 4.78 is 5.52. The lowest BCUT2D eigenvalue weighted by Gasteiger charge is -2.16. The van der Waals surface area contributed by atoms with E-state index in [0.29, 0.717) is 45.9 Å². The van der Waals surface area contributed by atoms with E-state index < -0.39 is 0 Å². The van der Waals surface area contributed by atoms with E-state index in [9.17, 15) is 9.59 Å². The van der Waals surface area contributed by atoms with Crippen molar-refractivity contribution in [3.63, 3.8) is 0 Å². The van der Waals surface area contributed by atoms with Gasteiger partial charge in [0.1, 0.15) is 10.8 Å². The summed E-state index contributed by atoms with van der Waals surface area (Å²) in [5.74, 6) is 0.922. The maximum Gasteiger partial charge on any atom is 0.319 e. The number of amides is 3. The van der Waals surface area contributed by atoms with Crippen LogP contribution in [0, 0.1) is 0 Å². The minimum atomic E-state index is -0.268. The lowest BCUT2D eigenvalue weighted by Crippen LogP contribution is -2.31. The molecule has 12 heteroatoms. The molecule has 4 rings (SSSR count). The number of nitrogens with zero attached hydrogens (tertiary/aromatic N) is 3. The van der Waals surface area contributed by atoms with Crippen LogP contribution in [0.1, 0.15) is 26.2 Å². The van der Waals surface area contributed by atoms with Gasteiger partial charge in [0.2, 0.25) is 11.9 Å². The number of rotatable bonds is 11. The Hall–Kier alpha value is -4.09. The van der Waals surface area contributed by atoms with Crippen LogP contribution in [0.5, 0.6) is 5.75 Å². The predicted molar refractivity (Wildman–Crippen MR) is 155 cm³/mol. The number of aromatic nitrogens is 2. The number of halogens is 1. The molecule has 0 atom stereocenters. The van der Waals surface area contributed by atoms with Crippen molar-refractivity contribution in [2.24, 2.45) is 0 Å². The first kappa shape index (κ1) is 27.9. The molecule has 11 nitrogen and oxygen atoms in total. The van der Waals surface area contributed by atoms with E-state index in [2.05, 4.69) is 41.5 Å². The second kappa shape index (κ2) is 13.6. The average Bonchev–Trinajstić information content (AvgIpc) is 3.44. The number of anilines is 6. The van der Waals surface area contributed by atoms with Crippen molar-refractivity contribution in [1.29, 1.82) is 0 Å². The molecule has 1 aliphatic heterocycles. The summed E-state index contributed by atoms with van der Waals surface area (Å²) in [6, 6.07) is 12.2. The number of likely N-dealkylation sites (tertiary alicyclic amines) is 1. The van der Waals surface area contributed by atoms with E-state index in [1.807, 2.05) is 12.1 Å². The second-order valence-corrected chi connectivity index (χ2v) is 9.47. The number of ether oxygens (including phenoxy) is 1. The molecule has 39 heavy (non-hydrogen) atoms. The number of benzene rings is 2. The monoisotopic (exact) mass is 552 g/mol. The molecule has 1 aromatic heterocycles. The summed E-state index contributed by atoms with van der Waals surface area (Å²) in [6.45, 7) is 5.35. The van der Waals surface area contributed by atoms with Crippen LogP contribution < -0.4 is 31.3 Å². The minimum Gasteiger partial charge on any atom is -0.494 e. The number of carbonyl (C=O) groups excluding carboxylic acids is 2. The molecule has 2 heterocycles. The molecular formula is C27H33ClN8O3. The van der Waals surface area contributed by atoms with Gasteiger partial charge in [-0.3, -0.25) is 4.79 Å². The zero-order valence-electron chi connectivity index (χ0n) is 22.0. The van der Waals surface area contributed by atoms with Crippen LogP contribution in [0.15, 0.2) is 48.7 Å². The number of para-hydroxylation sites is 2. The molecule has 0 bridgehead atoms. The molecule has 0 spiro atoms. The number of urea groups is 1. The smallest absolute Gasteiger partial charge is 0.319 e. The van der Waals surface area contributed by atoms with Crippen LogP contribution >= 0.6 is 11.6 Å². The van der Waals surface area contributed by atoms with Gasteiger partial charge in [0.15, 0.2) is 5.82 Å². The van der Waals surface area contributed by atoms with Crippen molar-refractivity contribution in [3.8, 4) is 5.75 Å². The molecule has 3 amide bonds. The number of nitrogens with one attached hydrogen (secondary N) is 5. The third kappa shape index (κ3) is 8.20. The summed E-state index contributed by atoms with van der Waals surface area (Å²) in [4.78, 5) is 35.0. The molecule has 3 aromatic rings. The van der Waals surface area contributed by atoms with Crippen LogP contribution in [-0.2, 0) is 4.79 Å².